The van der Waals surface area contributed by atoms with Crippen molar-refractivity contribution in [1.29, 1.82) is 0 Å². The Morgan fingerprint density at radius 2 is 2.12 bits per heavy atom. The van der Waals surface area contributed by atoms with E-state index >= 15 is 0 Å². The van der Waals surface area contributed by atoms with Crippen LogP contribution >= 0.6 is 0 Å². The SMILES string of the molecule is CC(N)Cc1cc(F)c2c(c1)C(C)(C)C(=O)N2. The molecule has 1 atom stereocenters. The third-order valence-corrected chi connectivity index (χ3v) is 3.19. The fraction of sp³-hybridized carbons (Fsp3) is 0.462. The summed E-state index contributed by atoms with van der Waals surface area (Å²) in [6, 6.07) is 3.30. The second-order valence-electron chi connectivity index (χ2n) is 5.26. The molecule has 1 unspecified atom stereocenters. The molecule has 0 saturated carbocycles. The highest BCUT2D eigenvalue weighted by Gasteiger charge is 2.40. The van der Waals surface area contributed by atoms with Crippen molar-refractivity contribution in [2.24, 2.45) is 5.73 Å². The number of hydrogen-bond acceptors (Lipinski definition) is 2. The van der Waals surface area contributed by atoms with Gasteiger partial charge in [-0.05, 0) is 44.4 Å². The van der Waals surface area contributed by atoms with Crippen molar-refractivity contribution in [1.82, 2.24) is 0 Å². The van der Waals surface area contributed by atoms with Crippen LogP contribution in [0, 0.1) is 5.82 Å². The van der Waals surface area contributed by atoms with Crippen molar-refractivity contribution in [3.8, 4) is 0 Å². The standard InChI is InChI=1S/C13H17FN2O/c1-7(15)4-8-5-9-11(10(14)6-8)16-12(17)13(9,2)3/h5-7H,4,15H2,1-3H3,(H,16,17). The first kappa shape index (κ1) is 12.0. The number of fused-ring (bicyclic) bond motifs is 1. The van der Waals surface area contributed by atoms with Crippen molar-refractivity contribution in [2.45, 2.75) is 38.6 Å². The molecular formula is C13H17FN2O. The summed E-state index contributed by atoms with van der Waals surface area (Å²) >= 11 is 0. The van der Waals surface area contributed by atoms with E-state index in [-0.39, 0.29) is 17.8 Å². The normalized spacial score (nSPS) is 18.8. The molecule has 0 radical (unpaired) electrons. The summed E-state index contributed by atoms with van der Waals surface area (Å²) in [6.45, 7) is 5.46. The average Bonchev–Trinajstić information content (AvgIpc) is 2.40. The van der Waals surface area contributed by atoms with Gasteiger partial charge < -0.3 is 11.1 Å². The number of hydrogen-bond donors (Lipinski definition) is 2. The summed E-state index contributed by atoms with van der Waals surface area (Å²) in [4.78, 5) is 11.7. The molecule has 0 aliphatic carbocycles. The second-order valence-corrected chi connectivity index (χ2v) is 5.26. The lowest BCUT2D eigenvalue weighted by Gasteiger charge is -2.16. The molecule has 3 N–H and O–H groups in total. The van der Waals surface area contributed by atoms with Gasteiger partial charge in [0, 0.05) is 6.04 Å². The molecule has 0 spiro atoms. The average molecular weight is 236 g/mol. The summed E-state index contributed by atoms with van der Waals surface area (Å²) in [5.74, 6) is -0.540. The van der Waals surface area contributed by atoms with E-state index in [0.29, 0.717) is 12.1 Å². The van der Waals surface area contributed by atoms with Gasteiger partial charge in [-0.2, -0.15) is 0 Å². The first-order chi connectivity index (χ1) is 7.82. The van der Waals surface area contributed by atoms with Gasteiger partial charge >= 0.3 is 0 Å². The van der Waals surface area contributed by atoms with E-state index in [1.54, 1.807) is 13.8 Å². The monoisotopic (exact) mass is 236 g/mol. The Morgan fingerprint density at radius 1 is 1.47 bits per heavy atom. The first-order valence-corrected chi connectivity index (χ1v) is 5.72. The minimum Gasteiger partial charge on any atom is -0.328 e. The second kappa shape index (κ2) is 3.81. The predicted molar refractivity (Wildman–Crippen MR) is 65.4 cm³/mol. The van der Waals surface area contributed by atoms with Gasteiger partial charge in [0.2, 0.25) is 5.91 Å². The molecule has 1 amide bonds. The molecule has 4 heteroatoms. The van der Waals surface area contributed by atoms with Gasteiger partial charge in [-0.15, -0.1) is 0 Å². The predicted octanol–water partition coefficient (Wildman–Crippen LogP) is 1.95. The highest BCUT2D eigenvalue weighted by Crippen LogP contribution is 2.39. The molecule has 1 aromatic carbocycles. The Kier molecular flexibility index (Phi) is 2.70. The van der Waals surface area contributed by atoms with Crippen LogP contribution in [0.1, 0.15) is 31.9 Å². The summed E-state index contributed by atoms with van der Waals surface area (Å²) in [5, 5.41) is 2.59. The third kappa shape index (κ3) is 1.93. The van der Waals surface area contributed by atoms with E-state index in [0.717, 1.165) is 11.1 Å². The number of anilines is 1. The fourth-order valence-corrected chi connectivity index (χ4v) is 2.16. The zero-order valence-electron chi connectivity index (χ0n) is 10.3. The minimum atomic E-state index is -0.677. The molecule has 1 aromatic rings. The van der Waals surface area contributed by atoms with Crippen molar-refractivity contribution in [3.05, 3.63) is 29.1 Å². The number of amides is 1. The lowest BCUT2D eigenvalue weighted by molar-refractivity contribution is -0.119. The van der Waals surface area contributed by atoms with Crippen LogP contribution < -0.4 is 11.1 Å². The molecular weight excluding hydrogens is 219 g/mol. The first-order valence-electron chi connectivity index (χ1n) is 5.72. The molecule has 3 nitrogen and oxygen atoms in total. The van der Waals surface area contributed by atoms with Crippen LogP contribution in [0.4, 0.5) is 10.1 Å². The molecule has 1 aliphatic rings. The van der Waals surface area contributed by atoms with Crippen LogP contribution in [-0.2, 0) is 16.6 Å². The van der Waals surface area contributed by atoms with Gasteiger partial charge in [0.1, 0.15) is 5.82 Å². The van der Waals surface area contributed by atoms with Crippen LogP contribution in [0.25, 0.3) is 0 Å². The van der Waals surface area contributed by atoms with Gasteiger partial charge in [0.25, 0.3) is 0 Å². The van der Waals surface area contributed by atoms with Crippen LogP contribution in [0.3, 0.4) is 0 Å². The van der Waals surface area contributed by atoms with Crippen molar-refractivity contribution in [2.75, 3.05) is 5.32 Å². The maximum absolute atomic E-state index is 13.9. The Bertz CT molecular complexity index is 481. The summed E-state index contributed by atoms with van der Waals surface area (Å²) in [5.41, 5.74) is 6.90. The minimum absolute atomic E-state index is 0.0272. The number of nitrogens with two attached hydrogens (primary N) is 1. The van der Waals surface area contributed by atoms with Crippen molar-refractivity contribution < 1.29 is 9.18 Å². The van der Waals surface area contributed by atoms with E-state index in [2.05, 4.69) is 5.32 Å². The molecule has 2 rings (SSSR count). The lowest BCUT2D eigenvalue weighted by Crippen LogP contribution is -2.27. The zero-order valence-corrected chi connectivity index (χ0v) is 10.3. The summed E-state index contributed by atoms with van der Waals surface area (Å²) in [7, 11) is 0. The van der Waals surface area contributed by atoms with Gasteiger partial charge in [0.15, 0.2) is 0 Å². The fourth-order valence-electron chi connectivity index (χ4n) is 2.16. The van der Waals surface area contributed by atoms with Crippen LogP contribution in [0.2, 0.25) is 0 Å². The van der Waals surface area contributed by atoms with Crippen molar-refractivity contribution in [3.63, 3.8) is 0 Å². The van der Waals surface area contributed by atoms with Gasteiger partial charge in [-0.3, -0.25) is 4.79 Å². The van der Waals surface area contributed by atoms with Crippen LogP contribution in [-0.4, -0.2) is 11.9 Å². The maximum Gasteiger partial charge on any atom is 0.234 e. The summed E-state index contributed by atoms with van der Waals surface area (Å²) in [6.07, 6.45) is 0.606. The summed E-state index contributed by atoms with van der Waals surface area (Å²) < 4.78 is 13.9. The van der Waals surface area contributed by atoms with E-state index in [1.807, 2.05) is 13.0 Å². The smallest absolute Gasteiger partial charge is 0.234 e. The highest BCUT2D eigenvalue weighted by molar-refractivity contribution is 6.05. The molecule has 1 aliphatic heterocycles. The van der Waals surface area contributed by atoms with E-state index in [1.165, 1.54) is 6.07 Å². The number of rotatable bonds is 2. The third-order valence-electron chi connectivity index (χ3n) is 3.19. The molecule has 0 saturated heterocycles. The Balaban J connectivity index is 2.51. The van der Waals surface area contributed by atoms with E-state index in [9.17, 15) is 9.18 Å². The Hall–Kier alpha value is -1.42. The van der Waals surface area contributed by atoms with Crippen LogP contribution in [0.15, 0.2) is 12.1 Å². The van der Waals surface area contributed by atoms with Gasteiger partial charge in [-0.25, -0.2) is 4.39 Å². The molecule has 0 aromatic heterocycles. The number of nitrogens with one attached hydrogen (secondary N) is 1. The lowest BCUT2D eigenvalue weighted by atomic mass is 9.85. The largest absolute Gasteiger partial charge is 0.328 e. The molecule has 0 bridgehead atoms. The number of carbonyl (C=O) groups is 1. The molecule has 1 heterocycles. The number of halogens is 1. The Labute approximate surface area is 100 Å². The van der Waals surface area contributed by atoms with Gasteiger partial charge in [0.05, 0.1) is 11.1 Å². The number of benzene rings is 1. The van der Waals surface area contributed by atoms with Crippen molar-refractivity contribution >= 4 is 11.6 Å². The maximum atomic E-state index is 13.9. The quantitative estimate of drug-likeness (QED) is 0.824. The van der Waals surface area contributed by atoms with Gasteiger partial charge in [-0.1, -0.05) is 6.07 Å². The molecule has 92 valence electrons. The highest BCUT2D eigenvalue weighted by atomic mass is 19.1. The van der Waals surface area contributed by atoms with Crippen LogP contribution in [0.5, 0.6) is 0 Å². The van der Waals surface area contributed by atoms with E-state index < -0.39 is 5.41 Å². The molecule has 17 heavy (non-hydrogen) atoms. The Morgan fingerprint density at radius 3 is 2.71 bits per heavy atom. The topological polar surface area (TPSA) is 55.1 Å². The number of carbonyl (C=O) groups excluding carboxylic acids is 1. The molecule has 0 fully saturated rings. The van der Waals surface area contributed by atoms with E-state index in [4.69, 9.17) is 5.73 Å². The zero-order chi connectivity index (χ0) is 12.8.